The summed E-state index contributed by atoms with van der Waals surface area (Å²) in [6, 6.07) is 17.0. The first-order valence-electron chi connectivity index (χ1n) is 6.69. The number of primary amides is 1. The van der Waals surface area contributed by atoms with E-state index in [0.29, 0.717) is 10.9 Å². The number of rotatable bonds is 2. The Balaban J connectivity index is 2.36. The zero-order valence-electron chi connectivity index (χ0n) is 11.6. The molecular formula is C18H15NO2. The maximum absolute atomic E-state index is 11.7. The van der Waals surface area contributed by atoms with Crippen molar-refractivity contribution in [2.24, 2.45) is 5.73 Å². The van der Waals surface area contributed by atoms with Gasteiger partial charge >= 0.3 is 0 Å². The van der Waals surface area contributed by atoms with Crippen LogP contribution in [0.3, 0.4) is 0 Å². The van der Waals surface area contributed by atoms with Crippen molar-refractivity contribution in [2.45, 2.75) is 6.92 Å². The van der Waals surface area contributed by atoms with Crippen LogP contribution in [0.2, 0.25) is 0 Å². The Bertz CT molecular complexity index is 836. The first-order valence-corrected chi connectivity index (χ1v) is 6.69. The summed E-state index contributed by atoms with van der Waals surface area (Å²) >= 11 is 0. The lowest BCUT2D eigenvalue weighted by atomic mass is 9.94. The fraction of sp³-hybridized carbons (Fsp3) is 0.0556. The van der Waals surface area contributed by atoms with E-state index in [2.05, 4.69) is 0 Å². The molecule has 0 saturated carbocycles. The van der Waals surface area contributed by atoms with Crippen LogP contribution in [-0.2, 0) is 0 Å². The van der Waals surface area contributed by atoms with E-state index in [-0.39, 0.29) is 11.3 Å². The van der Waals surface area contributed by atoms with Gasteiger partial charge in [0.1, 0.15) is 5.75 Å². The van der Waals surface area contributed by atoms with Gasteiger partial charge in [-0.25, -0.2) is 0 Å². The normalized spacial score (nSPS) is 10.7. The molecule has 1 amide bonds. The minimum atomic E-state index is -0.627. The molecule has 0 aliphatic heterocycles. The van der Waals surface area contributed by atoms with E-state index in [4.69, 9.17) is 5.73 Å². The molecule has 3 rings (SSSR count). The number of carbonyl (C=O) groups excluding carboxylic acids is 1. The Morgan fingerprint density at radius 3 is 2.38 bits per heavy atom. The van der Waals surface area contributed by atoms with Gasteiger partial charge < -0.3 is 10.8 Å². The third-order valence-corrected chi connectivity index (χ3v) is 3.63. The fourth-order valence-corrected chi connectivity index (χ4v) is 2.54. The molecule has 21 heavy (non-hydrogen) atoms. The summed E-state index contributed by atoms with van der Waals surface area (Å²) in [7, 11) is 0. The van der Waals surface area contributed by atoms with E-state index >= 15 is 0 Å². The van der Waals surface area contributed by atoms with Crippen LogP contribution >= 0.6 is 0 Å². The number of fused-ring (bicyclic) bond motifs is 1. The number of nitrogens with two attached hydrogens (primary N) is 1. The van der Waals surface area contributed by atoms with E-state index in [1.165, 1.54) is 0 Å². The lowest BCUT2D eigenvalue weighted by molar-refractivity contribution is 0.0999. The highest BCUT2D eigenvalue weighted by atomic mass is 16.3. The summed E-state index contributed by atoms with van der Waals surface area (Å²) in [6.45, 7) is 2.00. The molecule has 3 nitrogen and oxygen atoms in total. The van der Waals surface area contributed by atoms with Crippen molar-refractivity contribution < 1.29 is 9.90 Å². The van der Waals surface area contributed by atoms with Crippen LogP contribution in [0.15, 0.2) is 54.6 Å². The van der Waals surface area contributed by atoms with E-state index in [1.807, 2.05) is 55.5 Å². The number of hydrogen-bond acceptors (Lipinski definition) is 2. The average Bonchev–Trinajstić information content (AvgIpc) is 2.47. The number of carbonyl (C=O) groups is 1. The number of phenols is 1. The molecule has 0 aromatic heterocycles. The zero-order valence-corrected chi connectivity index (χ0v) is 11.6. The van der Waals surface area contributed by atoms with Gasteiger partial charge in [0, 0.05) is 5.56 Å². The smallest absolute Gasteiger partial charge is 0.253 e. The van der Waals surface area contributed by atoms with Crippen LogP contribution in [0, 0.1) is 6.92 Å². The van der Waals surface area contributed by atoms with Gasteiger partial charge in [-0.15, -0.1) is 0 Å². The third kappa shape index (κ3) is 2.23. The lowest BCUT2D eigenvalue weighted by Crippen LogP contribution is -2.12. The first-order chi connectivity index (χ1) is 10.1. The molecule has 0 heterocycles. The van der Waals surface area contributed by atoms with E-state index in [9.17, 15) is 9.90 Å². The van der Waals surface area contributed by atoms with Gasteiger partial charge in [0.05, 0.1) is 5.56 Å². The molecule has 0 fully saturated rings. The minimum absolute atomic E-state index is 0.0648. The van der Waals surface area contributed by atoms with Gasteiger partial charge in [0.25, 0.3) is 5.91 Å². The van der Waals surface area contributed by atoms with Crippen LogP contribution in [0.25, 0.3) is 21.9 Å². The van der Waals surface area contributed by atoms with Crippen molar-refractivity contribution in [3.63, 3.8) is 0 Å². The molecule has 0 aliphatic rings. The van der Waals surface area contributed by atoms with Gasteiger partial charge in [-0.3, -0.25) is 4.79 Å². The highest BCUT2D eigenvalue weighted by Gasteiger charge is 2.17. The maximum Gasteiger partial charge on any atom is 0.253 e. The van der Waals surface area contributed by atoms with E-state index in [1.54, 1.807) is 6.07 Å². The highest BCUT2D eigenvalue weighted by molar-refractivity contribution is 6.11. The van der Waals surface area contributed by atoms with E-state index in [0.717, 1.165) is 16.5 Å². The van der Waals surface area contributed by atoms with Crippen LogP contribution < -0.4 is 5.73 Å². The fourth-order valence-electron chi connectivity index (χ4n) is 2.54. The predicted molar refractivity (Wildman–Crippen MR) is 84.3 cm³/mol. The third-order valence-electron chi connectivity index (χ3n) is 3.63. The van der Waals surface area contributed by atoms with Gasteiger partial charge in [-0.2, -0.15) is 0 Å². The van der Waals surface area contributed by atoms with Crippen molar-refractivity contribution in [1.29, 1.82) is 0 Å². The largest absolute Gasteiger partial charge is 0.506 e. The Labute approximate surface area is 122 Å². The molecule has 0 atom stereocenters. The molecule has 0 unspecified atom stereocenters. The molecule has 104 valence electrons. The Hall–Kier alpha value is -2.81. The summed E-state index contributed by atoms with van der Waals surface area (Å²) < 4.78 is 0. The zero-order chi connectivity index (χ0) is 15.0. The second-order valence-corrected chi connectivity index (χ2v) is 5.10. The highest BCUT2D eigenvalue weighted by Crippen LogP contribution is 2.37. The summed E-state index contributed by atoms with van der Waals surface area (Å²) in [5.41, 5.74) is 8.22. The molecule has 3 aromatic rings. The van der Waals surface area contributed by atoms with Crippen LogP contribution in [0.1, 0.15) is 15.9 Å². The van der Waals surface area contributed by atoms with Crippen LogP contribution in [0.5, 0.6) is 5.75 Å². The quantitative estimate of drug-likeness (QED) is 0.751. The molecule has 0 radical (unpaired) electrons. The second-order valence-electron chi connectivity index (χ2n) is 5.10. The topological polar surface area (TPSA) is 63.3 Å². The standard InChI is InChI=1S/C18H15NO2/c1-11-6-8-12(9-7-11)15-10-13-4-2-3-5-14(13)16(17(15)20)18(19)21/h2-10,20H,1H3,(H2,19,21). The second kappa shape index (κ2) is 4.94. The van der Waals surface area contributed by atoms with Crippen LogP contribution in [0.4, 0.5) is 0 Å². The summed E-state index contributed by atoms with van der Waals surface area (Å²) in [6.07, 6.45) is 0. The van der Waals surface area contributed by atoms with Crippen molar-refractivity contribution >= 4 is 16.7 Å². The number of hydrogen-bond donors (Lipinski definition) is 2. The predicted octanol–water partition coefficient (Wildman–Crippen LogP) is 3.62. The van der Waals surface area contributed by atoms with Gasteiger partial charge in [0.15, 0.2) is 0 Å². The Morgan fingerprint density at radius 2 is 1.71 bits per heavy atom. The molecule has 3 N–H and O–H groups in total. The SMILES string of the molecule is Cc1ccc(-c2cc3ccccc3c(C(N)=O)c2O)cc1. The number of aromatic hydroxyl groups is 1. The number of aryl methyl sites for hydroxylation is 1. The Kier molecular flexibility index (Phi) is 3.10. The summed E-state index contributed by atoms with van der Waals surface area (Å²) in [4.78, 5) is 11.7. The van der Waals surface area contributed by atoms with Gasteiger partial charge in [-0.05, 0) is 29.3 Å². The van der Waals surface area contributed by atoms with Crippen molar-refractivity contribution in [2.75, 3.05) is 0 Å². The Morgan fingerprint density at radius 1 is 1.05 bits per heavy atom. The monoisotopic (exact) mass is 277 g/mol. The molecule has 0 spiro atoms. The van der Waals surface area contributed by atoms with Crippen molar-refractivity contribution in [3.05, 3.63) is 65.7 Å². The molecule has 3 aromatic carbocycles. The van der Waals surface area contributed by atoms with E-state index < -0.39 is 5.91 Å². The molecule has 0 bridgehead atoms. The van der Waals surface area contributed by atoms with Crippen molar-refractivity contribution in [3.8, 4) is 16.9 Å². The first kappa shape index (κ1) is 13.2. The van der Waals surface area contributed by atoms with Gasteiger partial charge in [0.2, 0.25) is 0 Å². The van der Waals surface area contributed by atoms with Crippen molar-refractivity contribution in [1.82, 2.24) is 0 Å². The van der Waals surface area contributed by atoms with Gasteiger partial charge in [-0.1, -0.05) is 54.1 Å². The number of amides is 1. The lowest BCUT2D eigenvalue weighted by Gasteiger charge is -2.12. The summed E-state index contributed by atoms with van der Waals surface area (Å²) in [5, 5.41) is 12.0. The minimum Gasteiger partial charge on any atom is -0.506 e. The maximum atomic E-state index is 11.7. The molecule has 0 aliphatic carbocycles. The van der Waals surface area contributed by atoms with Crippen LogP contribution in [-0.4, -0.2) is 11.0 Å². The number of benzene rings is 3. The molecule has 3 heteroatoms. The summed E-state index contributed by atoms with van der Waals surface area (Å²) in [5.74, 6) is -0.692. The molecule has 0 saturated heterocycles. The molecular weight excluding hydrogens is 262 g/mol. The average molecular weight is 277 g/mol.